The Labute approximate surface area is 204 Å². The summed E-state index contributed by atoms with van der Waals surface area (Å²) < 4.78 is 5.55. The van der Waals surface area contributed by atoms with Crippen molar-refractivity contribution in [2.24, 2.45) is 0 Å². The van der Waals surface area contributed by atoms with Gasteiger partial charge in [-0.3, -0.25) is 4.79 Å². The summed E-state index contributed by atoms with van der Waals surface area (Å²) in [4.78, 5) is 35.6. The van der Waals surface area contributed by atoms with Crippen molar-refractivity contribution in [3.8, 4) is 11.1 Å². The predicted octanol–water partition coefficient (Wildman–Crippen LogP) is 4.71. The molecule has 1 unspecified atom stereocenters. The Morgan fingerprint density at radius 2 is 1.60 bits per heavy atom. The summed E-state index contributed by atoms with van der Waals surface area (Å²) in [5, 5.41) is 14.6. The van der Waals surface area contributed by atoms with Crippen LogP contribution in [0.2, 0.25) is 0 Å². The Hall–Kier alpha value is -4.13. The van der Waals surface area contributed by atoms with Gasteiger partial charge in [-0.15, -0.1) is 0 Å². The van der Waals surface area contributed by atoms with E-state index in [2.05, 4.69) is 34.9 Å². The maximum absolute atomic E-state index is 12.4. The number of hydrogen-bond acceptors (Lipinski definition) is 4. The van der Waals surface area contributed by atoms with E-state index < -0.39 is 12.1 Å². The first-order chi connectivity index (χ1) is 16.9. The van der Waals surface area contributed by atoms with Gasteiger partial charge in [0.1, 0.15) is 6.61 Å². The van der Waals surface area contributed by atoms with Crippen LogP contribution in [0.15, 0.2) is 72.8 Å². The average molecular weight is 473 g/mol. The maximum atomic E-state index is 12.4. The third-order valence-corrected chi connectivity index (χ3v) is 6.18. The van der Waals surface area contributed by atoms with E-state index in [0.29, 0.717) is 12.0 Å². The van der Waals surface area contributed by atoms with E-state index in [1.807, 2.05) is 31.2 Å². The van der Waals surface area contributed by atoms with Gasteiger partial charge in [0.05, 0.1) is 5.56 Å². The Balaban J connectivity index is 1.21. The zero-order valence-corrected chi connectivity index (χ0v) is 19.5. The summed E-state index contributed by atoms with van der Waals surface area (Å²) in [6, 6.07) is 22.5. The smallest absolute Gasteiger partial charge is 0.407 e. The third kappa shape index (κ3) is 5.87. The molecule has 3 aromatic carbocycles. The first-order valence-electron chi connectivity index (χ1n) is 11.6. The number of alkyl carbamates (subject to hydrolysis) is 1. The molecule has 0 saturated heterocycles. The van der Waals surface area contributed by atoms with Crippen LogP contribution in [0.1, 0.15) is 52.7 Å². The molecule has 3 N–H and O–H groups in total. The fourth-order valence-corrected chi connectivity index (χ4v) is 4.36. The Bertz CT molecular complexity index is 1190. The number of carbonyl (C=O) groups excluding carboxylic acids is 2. The minimum atomic E-state index is -1.01. The summed E-state index contributed by atoms with van der Waals surface area (Å²) in [5.74, 6) is -1.19. The number of amides is 2. The molecule has 4 rings (SSSR count). The third-order valence-electron chi connectivity index (χ3n) is 6.18. The number of hydrogen-bond donors (Lipinski definition) is 3. The number of aromatic carboxylic acids is 1. The lowest BCUT2D eigenvalue weighted by Gasteiger charge is -2.17. The van der Waals surface area contributed by atoms with Crippen molar-refractivity contribution >= 4 is 18.0 Å². The van der Waals surface area contributed by atoms with Gasteiger partial charge < -0.3 is 20.5 Å². The summed E-state index contributed by atoms with van der Waals surface area (Å²) in [6.07, 6.45) is 0.166. The van der Waals surface area contributed by atoms with E-state index >= 15 is 0 Å². The highest BCUT2D eigenvalue weighted by Gasteiger charge is 2.29. The SMILES string of the molecule is CC(CCC(=O)NCc1cccc(C(=O)O)c1)NC(=O)OCC1c2ccccc2-c2ccccc21. The maximum Gasteiger partial charge on any atom is 0.407 e. The van der Waals surface area contributed by atoms with Crippen LogP contribution >= 0.6 is 0 Å². The van der Waals surface area contributed by atoms with E-state index in [4.69, 9.17) is 9.84 Å². The molecule has 0 aliphatic heterocycles. The predicted molar refractivity (Wildman–Crippen MR) is 132 cm³/mol. The van der Waals surface area contributed by atoms with Crippen LogP contribution in [-0.2, 0) is 16.1 Å². The zero-order chi connectivity index (χ0) is 24.8. The summed E-state index contributed by atoms with van der Waals surface area (Å²) in [7, 11) is 0. The number of carboxylic acid groups (broad SMARTS) is 1. The van der Waals surface area contributed by atoms with Crippen LogP contribution < -0.4 is 10.6 Å². The largest absolute Gasteiger partial charge is 0.478 e. The number of carbonyl (C=O) groups is 3. The lowest BCUT2D eigenvalue weighted by Crippen LogP contribution is -2.35. The highest BCUT2D eigenvalue weighted by Crippen LogP contribution is 2.44. The topological polar surface area (TPSA) is 105 Å². The summed E-state index contributed by atoms with van der Waals surface area (Å²) in [6.45, 7) is 2.31. The first-order valence-corrected chi connectivity index (χ1v) is 11.6. The second kappa shape index (κ2) is 10.9. The molecule has 180 valence electrons. The molecule has 0 radical (unpaired) electrons. The summed E-state index contributed by atoms with van der Waals surface area (Å²) in [5.41, 5.74) is 5.54. The normalized spacial score (nSPS) is 12.8. The van der Waals surface area contributed by atoms with E-state index in [1.54, 1.807) is 12.1 Å². The van der Waals surface area contributed by atoms with Crippen LogP contribution in [0.25, 0.3) is 11.1 Å². The van der Waals surface area contributed by atoms with E-state index in [9.17, 15) is 14.4 Å². The summed E-state index contributed by atoms with van der Waals surface area (Å²) >= 11 is 0. The zero-order valence-electron chi connectivity index (χ0n) is 19.5. The highest BCUT2D eigenvalue weighted by atomic mass is 16.5. The Kier molecular flexibility index (Phi) is 7.45. The molecule has 1 aliphatic rings. The fraction of sp³-hybridized carbons (Fsp3) is 0.250. The Morgan fingerprint density at radius 3 is 2.26 bits per heavy atom. The lowest BCUT2D eigenvalue weighted by molar-refractivity contribution is -0.121. The van der Waals surface area contributed by atoms with Gasteiger partial charge in [0.2, 0.25) is 5.91 Å². The fourth-order valence-electron chi connectivity index (χ4n) is 4.36. The number of nitrogens with one attached hydrogen (secondary N) is 2. The van der Waals surface area contributed by atoms with Crippen LogP contribution in [0.4, 0.5) is 4.79 Å². The van der Waals surface area contributed by atoms with E-state index in [1.165, 1.54) is 23.3 Å². The molecule has 35 heavy (non-hydrogen) atoms. The van der Waals surface area contributed by atoms with Crippen molar-refractivity contribution in [2.75, 3.05) is 6.61 Å². The molecule has 7 nitrogen and oxygen atoms in total. The van der Waals surface area contributed by atoms with Crippen LogP contribution in [0.5, 0.6) is 0 Å². The molecule has 0 bridgehead atoms. The van der Waals surface area contributed by atoms with Gasteiger partial charge in [0.25, 0.3) is 0 Å². The lowest BCUT2D eigenvalue weighted by atomic mass is 9.98. The van der Waals surface area contributed by atoms with E-state index in [-0.39, 0.29) is 43.0 Å². The van der Waals surface area contributed by atoms with Crippen LogP contribution in [0.3, 0.4) is 0 Å². The number of benzene rings is 3. The standard InChI is InChI=1S/C28H28N2O5/c1-18(13-14-26(31)29-16-19-7-6-8-20(15-19)27(32)33)30-28(34)35-17-25-23-11-4-2-9-21(23)22-10-3-5-12-24(22)25/h2-12,15,18,25H,13-14,16-17H2,1H3,(H,29,31)(H,30,34)(H,32,33). The second-order valence-corrected chi connectivity index (χ2v) is 8.69. The highest BCUT2D eigenvalue weighted by molar-refractivity contribution is 5.87. The van der Waals surface area contributed by atoms with Crippen molar-refractivity contribution in [2.45, 2.75) is 38.3 Å². The Morgan fingerprint density at radius 1 is 0.943 bits per heavy atom. The van der Waals surface area contributed by atoms with Gasteiger partial charge in [-0.1, -0.05) is 60.7 Å². The van der Waals surface area contributed by atoms with Crippen molar-refractivity contribution < 1.29 is 24.2 Å². The van der Waals surface area contributed by atoms with Crippen molar-refractivity contribution in [1.29, 1.82) is 0 Å². The van der Waals surface area contributed by atoms with Gasteiger partial charge in [-0.25, -0.2) is 9.59 Å². The number of fused-ring (bicyclic) bond motifs is 3. The molecular weight excluding hydrogens is 444 g/mol. The monoisotopic (exact) mass is 472 g/mol. The van der Waals surface area contributed by atoms with Gasteiger partial charge in [-0.2, -0.15) is 0 Å². The molecule has 7 heteroatoms. The minimum absolute atomic E-state index is 0.00568. The molecule has 1 aliphatic carbocycles. The average Bonchev–Trinajstić information content (AvgIpc) is 3.19. The van der Waals surface area contributed by atoms with Gasteiger partial charge in [0, 0.05) is 24.9 Å². The molecular formula is C28H28N2O5. The van der Waals surface area contributed by atoms with Crippen LogP contribution in [0, 0.1) is 0 Å². The van der Waals surface area contributed by atoms with Crippen molar-refractivity contribution in [1.82, 2.24) is 10.6 Å². The molecule has 2 amide bonds. The minimum Gasteiger partial charge on any atom is -0.478 e. The number of carboxylic acids is 1. The van der Waals surface area contributed by atoms with E-state index in [0.717, 1.165) is 11.1 Å². The molecule has 3 aromatic rings. The molecule has 1 atom stereocenters. The second-order valence-electron chi connectivity index (χ2n) is 8.69. The molecule has 0 aromatic heterocycles. The number of rotatable bonds is 9. The van der Waals surface area contributed by atoms with Gasteiger partial charge >= 0.3 is 12.1 Å². The molecule has 0 heterocycles. The van der Waals surface area contributed by atoms with Crippen LogP contribution in [-0.4, -0.2) is 35.7 Å². The molecule has 0 spiro atoms. The van der Waals surface area contributed by atoms with Gasteiger partial charge in [-0.05, 0) is 53.3 Å². The van der Waals surface area contributed by atoms with Crippen molar-refractivity contribution in [3.05, 3.63) is 95.1 Å². The molecule has 0 saturated carbocycles. The quantitative estimate of drug-likeness (QED) is 0.418. The van der Waals surface area contributed by atoms with Crippen molar-refractivity contribution in [3.63, 3.8) is 0 Å². The number of ether oxygens (including phenoxy) is 1. The molecule has 0 fully saturated rings. The van der Waals surface area contributed by atoms with Gasteiger partial charge in [0.15, 0.2) is 0 Å². The first kappa shape index (κ1) is 24.0.